The van der Waals surface area contributed by atoms with Crippen molar-refractivity contribution in [2.24, 2.45) is 0 Å². The normalized spacial score (nSPS) is 17.3. The lowest BCUT2D eigenvalue weighted by atomic mass is 10.1. The van der Waals surface area contributed by atoms with Gasteiger partial charge in [-0.3, -0.25) is 14.7 Å². The lowest BCUT2D eigenvalue weighted by Gasteiger charge is -2.33. The molecule has 0 saturated heterocycles. The number of pyridine rings is 1. The Bertz CT molecular complexity index is 1260. The minimum absolute atomic E-state index is 0.233. The Kier molecular flexibility index (Phi) is 5.45. The van der Waals surface area contributed by atoms with E-state index in [1.54, 1.807) is 23.4 Å². The van der Waals surface area contributed by atoms with Gasteiger partial charge in [-0.1, -0.05) is 47.2 Å². The number of amides is 1. The van der Waals surface area contributed by atoms with Gasteiger partial charge in [0.1, 0.15) is 6.10 Å². The molecule has 1 aliphatic rings. The van der Waals surface area contributed by atoms with Gasteiger partial charge in [0.15, 0.2) is 16.6 Å². The molecule has 0 aliphatic carbocycles. The number of para-hydroxylation sites is 2. The van der Waals surface area contributed by atoms with Crippen molar-refractivity contribution in [3.63, 3.8) is 0 Å². The fraction of sp³-hybridized carbons (Fsp3) is 0.208. The SMILES string of the molecule is Cc1ccc(Cl)c2sc(N(Cc3cccnc3)C(=O)C3Oc4ccccc4OC3C)nc12. The molecule has 6 nitrogen and oxygen atoms in total. The van der Waals surface area contributed by atoms with E-state index in [-0.39, 0.29) is 5.91 Å². The average Bonchev–Trinajstić information content (AvgIpc) is 3.26. The van der Waals surface area contributed by atoms with Crippen LogP contribution in [0, 0.1) is 6.92 Å². The van der Waals surface area contributed by atoms with Crippen LogP contribution in [0.15, 0.2) is 60.9 Å². The van der Waals surface area contributed by atoms with E-state index in [0.29, 0.717) is 28.2 Å². The van der Waals surface area contributed by atoms with Gasteiger partial charge in [0.2, 0.25) is 6.10 Å². The molecule has 8 heteroatoms. The van der Waals surface area contributed by atoms with Crippen molar-refractivity contribution in [3.8, 4) is 11.5 Å². The van der Waals surface area contributed by atoms with Crippen LogP contribution in [-0.2, 0) is 11.3 Å². The number of halogens is 1. The van der Waals surface area contributed by atoms with Gasteiger partial charge >= 0.3 is 0 Å². The highest BCUT2D eigenvalue weighted by Gasteiger charge is 2.38. The summed E-state index contributed by atoms with van der Waals surface area (Å²) in [6, 6.07) is 14.9. The van der Waals surface area contributed by atoms with Crippen molar-refractivity contribution >= 4 is 44.2 Å². The molecule has 0 N–H and O–H groups in total. The number of anilines is 1. The van der Waals surface area contributed by atoms with Crippen molar-refractivity contribution in [2.45, 2.75) is 32.6 Å². The summed E-state index contributed by atoms with van der Waals surface area (Å²) >= 11 is 7.82. The molecule has 32 heavy (non-hydrogen) atoms. The van der Waals surface area contributed by atoms with Gasteiger partial charge in [-0.25, -0.2) is 4.98 Å². The second kappa shape index (κ2) is 8.41. The Morgan fingerprint density at radius 1 is 1.12 bits per heavy atom. The molecule has 2 aromatic heterocycles. The van der Waals surface area contributed by atoms with Gasteiger partial charge in [0.25, 0.3) is 5.91 Å². The first-order chi connectivity index (χ1) is 15.5. The average molecular weight is 466 g/mol. The predicted molar refractivity (Wildman–Crippen MR) is 126 cm³/mol. The van der Waals surface area contributed by atoms with Crippen LogP contribution in [0.4, 0.5) is 5.13 Å². The van der Waals surface area contributed by atoms with Gasteiger partial charge in [-0.2, -0.15) is 0 Å². The summed E-state index contributed by atoms with van der Waals surface area (Å²) in [5.74, 6) is 0.947. The zero-order chi connectivity index (χ0) is 22.2. The summed E-state index contributed by atoms with van der Waals surface area (Å²) in [6.07, 6.45) is 2.16. The molecule has 5 rings (SSSR count). The minimum Gasteiger partial charge on any atom is -0.482 e. The molecule has 0 radical (unpaired) electrons. The number of nitrogens with zero attached hydrogens (tertiary/aromatic N) is 3. The van der Waals surface area contributed by atoms with Crippen molar-refractivity contribution in [3.05, 3.63) is 77.1 Å². The third-order valence-electron chi connectivity index (χ3n) is 5.33. The maximum absolute atomic E-state index is 13.8. The summed E-state index contributed by atoms with van der Waals surface area (Å²) in [7, 11) is 0. The summed E-state index contributed by atoms with van der Waals surface area (Å²) < 4.78 is 12.9. The Balaban J connectivity index is 1.55. The molecule has 2 aromatic carbocycles. The number of hydrogen-bond donors (Lipinski definition) is 0. The molecule has 2 unspecified atom stereocenters. The molecule has 162 valence electrons. The van der Waals surface area contributed by atoms with E-state index in [9.17, 15) is 4.79 Å². The lowest BCUT2D eigenvalue weighted by molar-refractivity contribution is -0.130. The molecule has 1 amide bonds. The fourth-order valence-corrected chi connectivity index (χ4v) is 4.99. The fourth-order valence-electron chi connectivity index (χ4n) is 3.66. The number of aryl methyl sites for hydroxylation is 1. The van der Waals surface area contributed by atoms with E-state index in [1.165, 1.54) is 11.3 Å². The third kappa shape index (κ3) is 3.78. The molecule has 1 aliphatic heterocycles. The number of benzene rings is 2. The first-order valence-corrected chi connectivity index (χ1v) is 11.4. The van der Waals surface area contributed by atoms with Gasteiger partial charge in [-0.15, -0.1) is 0 Å². The zero-order valence-corrected chi connectivity index (χ0v) is 19.1. The van der Waals surface area contributed by atoms with E-state index in [0.717, 1.165) is 21.3 Å². The number of hydrogen-bond acceptors (Lipinski definition) is 6. The van der Waals surface area contributed by atoms with Crippen molar-refractivity contribution in [2.75, 3.05) is 4.90 Å². The predicted octanol–water partition coefficient (Wildman–Crippen LogP) is 5.41. The number of carbonyl (C=O) groups excluding carboxylic acids is 1. The van der Waals surface area contributed by atoms with Crippen molar-refractivity contribution in [1.82, 2.24) is 9.97 Å². The van der Waals surface area contributed by atoms with Crippen LogP contribution in [0.25, 0.3) is 10.2 Å². The number of fused-ring (bicyclic) bond motifs is 2. The van der Waals surface area contributed by atoms with Crippen LogP contribution in [0.2, 0.25) is 5.02 Å². The second-order valence-corrected chi connectivity index (χ2v) is 9.02. The molecule has 0 fully saturated rings. The molecule has 4 aromatic rings. The molecular weight excluding hydrogens is 446 g/mol. The Labute approximate surface area is 194 Å². The van der Waals surface area contributed by atoms with Crippen LogP contribution in [0.5, 0.6) is 11.5 Å². The van der Waals surface area contributed by atoms with E-state index >= 15 is 0 Å². The summed E-state index contributed by atoms with van der Waals surface area (Å²) in [6.45, 7) is 4.12. The Hall–Kier alpha value is -3.16. The third-order valence-corrected chi connectivity index (χ3v) is 6.87. The van der Waals surface area contributed by atoms with Crippen LogP contribution in [0.3, 0.4) is 0 Å². The summed E-state index contributed by atoms with van der Waals surface area (Å²) in [5, 5.41) is 1.17. The van der Waals surface area contributed by atoms with Crippen LogP contribution in [-0.4, -0.2) is 28.1 Å². The van der Waals surface area contributed by atoms with Gasteiger partial charge in [-0.05, 0) is 49.2 Å². The minimum atomic E-state index is -0.815. The molecule has 0 spiro atoms. The van der Waals surface area contributed by atoms with Gasteiger partial charge < -0.3 is 9.47 Å². The van der Waals surface area contributed by atoms with Crippen LogP contribution < -0.4 is 14.4 Å². The Morgan fingerprint density at radius 3 is 2.62 bits per heavy atom. The number of carbonyl (C=O) groups is 1. The van der Waals surface area contributed by atoms with E-state index < -0.39 is 12.2 Å². The van der Waals surface area contributed by atoms with E-state index in [2.05, 4.69) is 4.98 Å². The van der Waals surface area contributed by atoms with Gasteiger partial charge in [0, 0.05) is 12.4 Å². The zero-order valence-electron chi connectivity index (χ0n) is 17.5. The quantitative estimate of drug-likeness (QED) is 0.403. The topological polar surface area (TPSA) is 64.6 Å². The standard InChI is InChI=1S/C24H20ClN3O3S/c1-14-9-10-17(25)22-20(14)27-24(32-22)28(13-16-6-5-11-26-12-16)23(29)21-15(2)30-18-7-3-4-8-19(18)31-21/h3-12,15,21H,13H2,1-2H3. The number of thiazole rings is 1. The van der Waals surface area contributed by atoms with Crippen LogP contribution in [0.1, 0.15) is 18.1 Å². The van der Waals surface area contributed by atoms with E-state index in [4.69, 9.17) is 26.1 Å². The lowest BCUT2D eigenvalue weighted by Crippen LogP contribution is -2.50. The highest BCUT2D eigenvalue weighted by atomic mass is 35.5. The monoisotopic (exact) mass is 465 g/mol. The summed E-state index contributed by atoms with van der Waals surface area (Å²) in [5.41, 5.74) is 2.67. The maximum Gasteiger partial charge on any atom is 0.274 e. The molecular formula is C24H20ClN3O3S. The highest BCUT2D eigenvalue weighted by Crippen LogP contribution is 2.38. The number of aromatic nitrogens is 2. The highest BCUT2D eigenvalue weighted by molar-refractivity contribution is 7.23. The molecule has 2 atom stereocenters. The second-order valence-electron chi connectivity index (χ2n) is 7.63. The molecule has 0 saturated carbocycles. The van der Waals surface area contributed by atoms with Crippen LogP contribution >= 0.6 is 22.9 Å². The first-order valence-electron chi connectivity index (χ1n) is 10.2. The number of ether oxygens (including phenoxy) is 2. The van der Waals surface area contributed by atoms with E-state index in [1.807, 2.05) is 56.3 Å². The first kappa shape index (κ1) is 20.7. The maximum atomic E-state index is 13.8. The number of rotatable bonds is 4. The molecule has 0 bridgehead atoms. The largest absolute Gasteiger partial charge is 0.482 e. The molecule has 3 heterocycles. The van der Waals surface area contributed by atoms with Crippen molar-refractivity contribution < 1.29 is 14.3 Å². The van der Waals surface area contributed by atoms with Gasteiger partial charge in [0.05, 0.1) is 21.8 Å². The smallest absolute Gasteiger partial charge is 0.274 e. The Morgan fingerprint density at radius 2 is 1.91 bits per heavy atom. The summed E-state index contributed by atoms with van der Waals surface area (Å²) in [4.78, 5) is 24.4. The van der Waals surface area contributed by atoms with Crippen molar-refractivity contribution in [1.29, 1.82) is 0 Å².